The van der Waals surface area contributed by atoms with Crippen LogP contribution in [0, 0.1) is 0 Å². The maximum atomic E-state index is 5.87. The molecule has 88 valence electrons. The third-order valence-electron chi connectivity index (χ3n) is 2.78. The number of ether oxygens (including phenoxy) is 1. The van der Waals surface area contributed by atoms with E-state index in [4.69, 9.17) is 10.5 Å². The molecule has 3 N–H and O–H groups in total. The smallest absolute Gasteiger partial charge is 0.0623 e. The number of anilines is 1. The van der Waals surface area contributed by atoms with Crippen molar-refractivity contribution in [3.05, 3.63) is 23.8 Å². The Morgan fingerprint density at radius 2 is 2.44 bits per heavy atom. The van der Waals surface area contributed by atoms with Gasteiger partial charge in [-0.25, -0.2) is 0 Å². The predicted octanol–water partition coefficient (Wildman–Crippen LogP) is 1.52. The standard InChI is InChI=1S/C12H18N2OS/c1-16-12-7-9(2-3-11(12)13)6-10-8-15-5-4-14-10/h2-3,7,10,14H,4-6,8,13H2,1H3. The molecule has 1 aliphatic rings. The molecule has 1 fully saturated rings. The summed E-state index contributed by atoms with van der Waals surface area (Å²) in [4.78, 5) is 1.16. The normalized spacial score (nSPS) is 20.9. The molecule has 0 aliphatic carbocycles. The Kier molecular flexibility index (Phi) is 4.09. The number of nitrogens with two attached hydrogens (primary N) is 1. The second kappa shape index (κ2) is 5.57. The third kappa shape index (κ3) is 2.90. The summed E-state index contributed by atoms with van der Waals surface area (Å²) in [5.41, 5.74) is 8.06. The van der Waals surface area contributed by atoms with Crippen LogP contribution in [0.5, 0.6) is 0 Å². The van der Waals surface area contributed by atoms with Gasteiger partial charge in [-0.05, 0) is 30.4 Å². The molecule has 1 aromatic carbocycles. The highest BCUT2D eigenvalue weighted by molar-refractivity contribution is 7.98. The number of rotatable bonds is 3. The number of nitrogens with one attached hydrogen (secondary N) is 1. The molecule has 0 amide bonds. The van der Waals surface area contributed by atoms with Crippen molar-refractivity contribution in [2.45, 2.75) is 17.4 Å². The summed E-state index contributed by atoms with van der Waals surface area (Å²) in [6.07, 6.45) is 3.06. The zero-order valence-electron chi connectivity index (χ0n) is 9.53. The molecule has 1 heterocycles. The fourth-order valence-corrected chi connectivity index (χ4v) is 2.49. The van der Waals surface area contributed by atoms with Gasteiger partial charge in [-0.15, -0.1) is 11.8 Å². The molecule has 0 saturated carbocycles. The first-order chi connectivity index (χ1) is 7.79. The predicted molar refractivity (Wildman–Crippen MR) is 68.9 cm³/mol. The summed E-state index contributed by atoms with van der Waals surface area (Å²) in [6.45, 7) is 2.59. The average molecular weight is 238 g/mol. The fourth-order valence-electron chi connectivity index (χ4n) is 1.92. The summed E-state index contributed by atoms with van der Waals surface area (Å²) in [6, 6.07) is 6.71. The van der Waals surface area contributed by atoms with E-state index in [1.54, 1.807) is 11.8 Å². The molecule has 1 unspecified atom stereocenters. The lowest BCUT2D eigenvalue weighted by atomic mass is 10.1. The van der Waals surface area contributed by atoms with Crippen molar-refractivity contribution in [1.29, 1.82) is 0 Å². The van der Waals surface area contributed by atoms with Crippen molar-refractivity contribution in [2.24, 2.45) is 0 Å². The van der Waals surface area contributed by atoms with E-state index in [2.05, 4.69) is 23.7 Å². The van der Waals surface area contributed by atoms with E-state index in [0.717, 1.165) is 36.8 Å². The van der Waals surface area contributed by atoms with Crippen molar-refractivity contribution in [3.63, 3.8) is 0 Å². The van der Waals surface area contributed by atoms with E-state index < -0.39 is 0 Å². The minimum Gasteiger partial charge on any atom is -0.398 e. The van der Waals surface area contributed by atoms with Crippen LogP contribution in [0.15, 0.2) is 23.1 Å². The lowest BCUT2D eigenvalue weighted by molar-refractivity contribution is 0.0770. The Morgan fingerprint density at radius 1 is 1.56 bits per heavy atom. The molecule has 1 aromatic rings. The molecule has 0 bridgehead atoms. The van der Waals surface area contributed by atoms with Gasteiger partial charge in [-0.2, -0.15) is 0 Å². The summed E-state index contributed by atoms with van der Waals surface area (Å²) >= 11 is 1.69. The van der Waals surface area contributed by atoms with Crippen molar-refractivity contribution in [1.82, 2.24) is 5.32 Å². The topological polar surface area (TPSA) is 47.3 Å². The highest BCUT2D eigenvalue weighted by Gasteiger charge is 2.13. The SMILES string of the molecule is CSc1cc(CC2COCCN2)ccc1N. The van der Waals surface area contributed by atoms with Crippen LogP contribution in [0.3, 0.4) is 0 Å². The summed E-state index contributed by atoms with van der Waals surface area (Å²) in [5.74, 6) is 0. The summed E-state index contributed by atoms with van der Waals surface area (Å²) < 4.78 is 5.44. The van der Waals surface area contributed by atoms with Crippen LogP contribution in [0.2, 0.25) is 0 Å². The zero-order chi connectivity index (χ0) is 11.4. The van der Waals surface area contributed by atoms with E-state index in [9.17, 15) is 0 Å². The van der Waals surface area contributed by atoms with Gasteiger partial charge in [0.05, 0.1) is 13.2 Å². The van der Waals surface area contributed by atoms with Crippen molar-refractivity contribution in [3.8, 4) is 0 Å². The van der Waals surface area contributed by atoms with Gasteiger partial charge in [0.2, 0.25) is 0 Å². The van der Waals surface area contributed by atoms with Crippen LogP contribution in [0.4, 0.5) is 5.69 Å². The van der Waals surface area contributed by atoms with Gasteiger partial charge in [0.25, 0.3) is 0 Å². The van der Waals surface area contributed by atoms with Crippen molar-refractivity contribution < 1.29 is 4.74 Å². The van der Waals surface area contributed by atoms with Gasteiger partial charge >= 0.3 is 0 Å². The second-order valence-corrected chi connectivity index (χ2v) is 4.85. The minimum absolute atomic E-state index is 0.437. The van der Waals surface area contributed by atoms with E-state index in [-0.39, 0.29) is 0 Å². The maximum Gasteiger partial charge on any atom is 0.0623 e. The lowest BCUT2D eigenvalue weighted by Crippen LogP contribution is -2.42. The van der Waals surface area contributed by atoms with Crippen LogP contribution in [-0.4, -0.2) is 32.1 Å². The first-order valence-corrected chi connectivity index (χ1v) is 6.75. The number of morpholine rings is 1. The van der Waals surface area contributed by atoms with Gasteiger partial charge in [0.1, 0.15) is 0 Å². The van der Waals surface area contributed by atoms with Crippen LogP contribution >= 0.6 is 11.8 Å². The number of hydrogen-bond acceptors (Lipinski definition) is 4. The fraction of sp³-hybridized carbons (Fsp3) is 0.500. The monoisotopic (exact) mass is 238 g/mol. The quantitative estimate of drug-likeness (QED) is 0.619. The minimum atomic E-state index is 0.437. The number of benzene rings is 1. The Hall–Kier alpha value is -0.710. The summed E-state index contributed by atoms with van der Waals surface area (Å²) in [7, 11) is 0. The Bertz CT molecular complexity index is 351. The Labute approximate surface area is 101 Å². The van der Waals surface area contributed by atoms with Gasteiger partial charge < -0.3 is 15.8 Å². The highest BCUT2D eigenvalue weighted by atomic mass is 32.2. The van der Waals surface area contributed by atoms with Gasteiger partial charge in [0, 0.05) is 23.2 Å². The molecule has 4 heteroatoms. The van der Waals surface area contributed by atoms with Crippen molar-refractivity contribution in [2.75, 3.05) is 31.7 Å². The molecule has 0 spiro atoms. The van der Waals surface area contributed by atoms with Crippen LogP contribution in [0.1, 0.15) is 5.56 Å². The largest absolute Gasteiger partial charge is 0.398 e. The number of thioether (sulfide) groups is 1. The van der Waals surface area contributed by atoms with E-state index in [1.165, 1.54) is 5.56 Å². The van der Waals surface area contributed by atoms with Crippen LogP contribution in [-0.2, 0) is 11.2 Å². The van der Waals surface area contributed by atoms with E-state index in [1.807, 2.05) is 6.07 Å². The Morgan fingerprint density at radius 3 is 3.12 bits per heavy atom. The second-order valence-electron chi connectivity index (χ2n) is 4.01. The third-order valence-corrected chi connectivity index (χ3v) is 3.57. The van der Waals surface area contributed by atoms with E-state index >= 15 is 0 Å². The zero-order valence-corrected chi connectivity index (χ0v) is 10.3. The molecule has 1 atom stereocenters. The molecular formula is C12H18N2OS. The first kappa shape index (κ1) is 11.8. The molecule has 0 radical (unpaired) electrons. The Balaban J connectivity index is 2.03. The molecule has 1 saturated heterocycles. The summed E-state index contributed by atoms with van der Waals surface area (Å²) in [5, 5.41) is 3.46. The molecule has 0 aromatic heterocycles. The molecule has 2 rings (SSSR count). The number of hydrogen-bond donors (Lipinski definition) is 2. The average Bonchev–Trinajstić information content (AvgIpc) is 2.33. The van der Waals surface area contributed by atoms with Crippen molar-refractivity contribution >= 4 is 17.4 Å². The van der Waals surface area contributed by atoms with Crippen LogP contribution in [0.25, 0.3) is 0 Å². The molecule has 3 nitrogen and oxygen atoms in total. The highest BCUT2D eigenvalue weighted by Crippen LogP contribution is 2.24. The number of nitrogen functional groups attached to an aromatic ring is 1. The maximum absolute atomic E-state index is 5.87. The van der Waals surface area contributed by atoms with Gasteiger partial charge in [0.15, 0.2) is 0 Å². The van der Waals surface area contributed by atoms with Gasteiger partial charge in [-0.1, -0.05) is 6.07 Å². The molecular weight excluding hydrogens is 220 g/mol. The van der Waals surface area contributed by atoms with Crippen LogP contribution < -0.4 is 11.1 Å². The molecule has 16 heavy (non-hydrogen) atoms. The lowest BCUT2D eigenvalue weighted by Gasteiger charge is -2.24. The van der Waals surface area contributed by atoms with E-state index in [0.29, 0.717) is 6.04 Å². The first-order valence-electron chi connectivity index (χ1n) is 5.53. The van der Waals surface area contributed by atoms with Gasteiger partial charge in [-0.3, -0.25) is 0 Å². The molecule has 1 aliphatic heterocycles.